The van der Waals surface area contributed by atoms with Crippen molar-refractivity contribution in [2.45, 2.75) is 60.5 Å². The van der Waals surface area contributed by atoms with Crippen LogP contribution in [0.15, 0.2) is 11.1 Å². The fourth-order valence-electron chi connectivity index (χ4n) is 3.04. The lowest BCUT2D eigenvalue weighted by molar-refractivity contribution is -0.132. The minimum atomic E-state index is -0.807. The zero-order valence-corrected chi connectivity index (χ0v) is 14.2. The van der Waals surface area contributed by atoms with Gasteiger partial charge in [0.05, 0.1) is 0 Å². The van der Waals surface area contributed by atoms with Gasteiger partial charge in [-0.25, -0.2) is 4.79 Å². The molecule has 0 aromatic heterocycles. The molecule has 2 atom stereocenters. The van der Waals surface area contributed by atoms with Crippen LogP contribution in [-0.4, -0.2) is 59.1 Å². The number of hydrogen-bond acceptors (Lipinski definition) is 3. The highest BCUT2D eigenvalue weighted by Gasteiger charge is 2.27. The fraction of sp³-hybridized carbons (Fsp3) is 0.812. The summed E-state index contributed by atoms with van der Waals surface area (Å²) in [4.78, 5) is 16.1. The zero-order chi connectivity index (χ0) is 15.9. The minimum Gasteiger partial charge on any atom is -0.478 e. The number of carboxylic acid groups (broad SMARTS) is 1. The molecule has 0 aliphatic rings. The van der Waals surface area contributed by atoms with Gasteiger partial charge >= 0.3 is 5.97 Å². The highest BCUT2D eigenvalue weighted by molar-refractivity contribution is 5.87. The van der Waals surface area contributed by atoms with Gasteiger partial charge in [0.2, 0.25) is 0 Å². The van der Waals surface area contributed by atoms with Crippen LogP contribution in [-0.2, 0) is 4.79 Å². The molecule has 0 saturated carbocycles. The average molecular weight is 284 g/mol. The number of aliphatic carboxylic acids is 1. The van der Waals surface area contributed by atoms with E-state index in [-0.39, 0.29) is 12.1 Å². The Bertz CT molecular complexity index is 311. The topological polar surface area (TPSA) is 43.8 Å². The monoisotopic (exact) mass is 284 g/mol. The van der Waals surface area contributed by atoms with Crippen LogP contribution in [0.2, 0.25) is 0 Å². The summed E-state index contributed by atoms with van der Waals surface area (Å²) >= 11 is 0. The van der Waals surface area contributed by atoms with E-state index in [1.54, 1.807) is 6.92 Å². The number of carboxylic acids is 1. The van der Waals surface area contributed by atoms with E-state index in [4.69, 9.17) is 0 Å². The first-order valence-corrected chi connectivity index (χ1v) is 7.77. The molecular weight excluding hydrogens is 252 g/mol. The SMILES string of the molecule is CCN(CC)C(C)C(=C(C)C(=O)O)C(C)N(CC)CC. The first kappa shape index (κ1) is 19.1. The summed E-state index contributed by atoms with van der Waals surface area (Å²) < 4.78 is 0. The summed E-state index contributed by atoms with van der Waals surface area (Å²) in [6.07, 6.45) is 0. The second-order valence-electron chi connectivity index (χ2n) is 5.18. The van der Waals surface area contributed by atoms with Crippen LogP contribution in [0.4, 0.5) is 0 Å². The maximum atomic E-state index is 11.5. The van der Waals surface area contributed by atoms with Gasteiger partial charge in [-0.3, -0.25) is 9.80 Å². The summed E-state index contributed by atoms with van der Waals surface area (Å²) in [5.74, 6) is -0.807. The van der Waals surface area contributed by atoms with Crippen molar-refractivity contribution in [2.75, 3.05) is 26.2 Å². The van der Waals surface area contributed by atoms with Crippen molar-refractivity contribution in [3.63, 3.8) is 0 Å². The number of nitrogens with zero attached hydrogens (tertiary/aromatic N) is 2. The lowest BCUT2D eigenvalue weighted by atomic mass is 9.93. The van der Waals surface area contributed by atoms with Gasteiger partial charge < -0.3 is 5.11 Å². The Morgan fingerprint density at radius 3 is 1.40 bits per heavy atom. The molecule has 0 aliphatic carbocycles. The van der Waals surface area contributed by atoms with Gasteiger partial charge in [-0.15, -0.1) is 0 Å². The van der Waals surface area contributed by atoms with Crippen LogP contribution in [0.3, 0.4) is 0 Å². The van der Waals surface area contributed by atoms with E-state index < -0.39 is 5.97 Å². The quantitative estimate of drug-likeness (QED) is 0.661. The Morgan fingerprint density at radius 2 is 1.20 bits per heavy atom. The minimum absolute atomic E-state index is 0.150. The van der Waals surface area contributed by atoms with Crippen LogP contribution in [0.1, 0.15) is 48.5 Å². The van der Waals surface area contributed by atoms with E-state index >= 15 is 0 Å². The Morgan fingerprint density at radius 1 is 0.900 bits per heavy atom. The standard InChI is InChI=1S/C16H32N2O2/c1-8-17(9-2)13(6)15(12(5)16(19)20)14(7)18(10-3)11-4/h13-14H,8-11H2,1-7H3,(H,19,20). The van der Waals surface area contributed by atoms with Crippen molar-refractivity contribution in [1.29, 1.82) is 0 Å². The van der Waals surface area contributed by atoms with E-state index in [0.717, 1.165) is 31.8 Å². The molecule has 0 rings (SSSR count). The molecule has 20 heavy (non-hydrogen) atoms. The summed E-state index contributed by atoms with van der Waals surface area (Å²) in [6.45, 7) is 18.2. The van der Waals surface area contributed by atoms with Crippen molar-refractivity contribution in [3.05, 3.63) is 11.1 Å². The molecule has 0 aromatic carbocycles. The third-order valence-electron chi connectivity index (χ3n) is 4.37. The normalized spacial score (nSPS) is 14.4. The van der Waals surface area contributed by atoms with E-state index in [0.29, 0.717) is 5.57 Å². The van der Waals surface area contributed by atoms with Crippen molar-refractivity contribution in [2.24, 2.45) is 0 Å². The molecule has 118 valence electrons. The van der Waals surface area contributed by atoms with E-state index in [1.807, 2.05) is 0 Å². The van der Waals surface area contributed by atoms with Crippen molar-refractivity contribution in [3.8, 4) is 0 Å². The molecule has 1 N–H and O–H groups in total. The van der Waals surface area contributed by atoms with Crippen LogP contribution in [0.25, 0.3) is 0 Å². The first-order chi connectivity index (χ1) is 9.35. The molecule has 0 saturated heterocycles. The summed E-state index contributed by atoms with van der Waals surface area (Å²) in [6, 6.07) is 0.299. The van der Waals surface area contributed by atoms with Crippen molar-refractivity contribution in [1.82, 2.24) is 9.80 Å². The predicted molar refractivity (Wildman–Crippen MR) is 85.1 cm³/mol. The second kappa shape index (κ2) is 9.14. The van der Waals surface area contributed by atoms with Gasteiger partial charge in [0.1, 0.15) is 0 Å². The summed E-state index contributed by atoms with van der Waals surface area (Å²) in [5, 5.41) is 9.41. The lowest BCUT2D eigenvalue weighted by Crippen LogP contribution is -2.44. The molecule has 4 nitrogen and oxygen atoms in total. The number of hydrogen-bond donors (Lipinski definition) is 1. The number of rotatable bonds is 9. The maximum Gasteiger partial charge on any atom is 0.331 e. The Balaban J connectivity index is 5.62. The van der Waals surface area contributed by atoms with Gasteiger partial charge in [-0.05, 0) is 52.5 Å². The predicted octanol–water partition coefficient (Wildman–Crippen LogP) is 2.85. The largest absolute Gasteiger partial charge is 0.478 e. The van der Waals surface area contributed by atoms with E-state index in [9.17, 15) is 9.90 Å². The van der Waals surface area contributed by atoms with Crippen molar-refractivity contribution < 1.29 is 9.90 Å². The second-order valence-corrected chi connectivity index (χ2v) is 5.18. The molecule has 0 radical (unpaired) electrons. The van der Waals surface area contributed by atoms with Crippen LogP contribution in [0.5, 0.6) is 0 Å². The molecule has 0 aliphatic heterocycles. The van der Waals surface area contributed by atoms with Gasteiger partial charge in [0, 0.05) is 17.7 Å². The van der Waals surface area contributed by atoms with Gasteiger partial charge in [-0.2, -0.15) is 0 Å². The molecule has 0 heterocycles. The Kier molecular flexibility index (Phi) is 8.74. The molecule has 0 amide bonds. The summed E-state index contributed by atoms with van der Waals surface area (Å²) in [7, 11) is 0. The molecule has 0 bridgehead atoms. The Hall–Kier alpha value is -0.870. The molecule has 0 aromatic rings. The van der Waals surface area contributed by atoms with Crippen LogP contribution in [0, 0.1) is 0 Å². The molecule has 0 spiro atoms. The van der Waals surface area contributed by atoms with Crippen LogP contribution < -0.4 is 0 Å². The summed E-state index contributed by atoms with van der Waals surface area (Å²) in [5.41, 5.74) is 1.52. The lowest BCUT2D eigenvalue weighted by Gasteiger charge is -2.37. The first-order valence-electron chi connectivity index (χ1n) is 7.77. The van der Waals surface area contributed by atoms with Crippen LogP contribution >= 0.6 is 0 Å². The highest BCUT2D eigenvalue weighted by atomic mass is 16.4. The zero-order valence-electron chi connectivity index (χ0n) is 14.2. The number of carbonyl (C=O) groups is 1. The van der Waals surface area contributed by atoms with E-state index in [1.165, 1.54) is 0 Å². The third kappa shape index (κ3) is 4.60. The fourth-order valence-corrected chi connectivity index (χ4v) is 3.04. The third-order valence-corrected chi connectivity index (χ3v) is 4.37. The molecule has 4 heteroatoms. The van der Waals surface area contributed by atoms with Gasteiger partial charge in [0.15, 0.2) is 0 Å². The Labute approximate surface area is 124 Å². The van der Waals surface area contributed by atoms with Gasteiger partial charge in [0.25, 0.3) is 0 Å². The highest BCUT2D eigenvalue weighted by Crippen LogP contribution is 2.22. The number of likely N-dealkylation sites (N-methyl/N-ethyl adjacent to an activating group) is 2. The molecule has 2 unspecified atom stereocenters. The maximum absolute atomic E-state index is 11.5. The molecular formula is C16H32N2O2. The smallest absolute Gasteiger partial charge is 0.331 e. The average Bonchev–Trinajstić information content (AvgIpc) is 2.41. The molecule has 0 fully saturated rings. The van der Waals surface area contributed by atoms with Crippen molar-refractivity contribution >= 4 is 5.97 Å². The van der Waals surface area contributed by atoms with E-state index in [2.05, 4.69) is 51.3 Å². The van der Waals surface area contributed by atoms with Gasteiger partial charge in [-0.1, -0.05) is 27.7 Å².